The van der Waals surface area contributed by atoms with Crippen molar-refractivity contribution in [2.45, 2.75) is 39.0 Å². The Balaban J connectivity index is 1.59. The number of nitrogens with two attached hydrogens (primary N) is 2. The average Bonchev–Trinajstić information content (AvgIpc) is 3.18. The zero-order valence-corrected chi connectivity index (χ0v) is 18.8. The van der Waals surface area contributed by atoms with Crippen LogP contribution in [0.1, 0.15) is 30.9 Å². The Labute approximate surface area is 188 Å². The molecule has 0 radical (unpaired) electrons. The molecule has 3 aromatic rings. The summed E-state index contributed by atoms with van der Waals surface area (Å²) in [7, 11) is 1.70. The van der Waals surface area contributed by atoms with Crippen molar-refractivity contribution in [2.75, 3.05) is 44.3 Å². The Morgan fingerprint density at radius 3 is 2.78 bits per heavy atom. The number of fused-ring (bicyclic) bond motifs is 1. The van der Waals surface area contributed by atoms with Crippen LogP contribution < -0.4 is 26.8 Å². The Kier molecular flexibility index (Phi) is 7.03. The number of anilines is 2. The van der Waals surface area contributed by atoms with Crippen LogP contribution in [0.25, 0.3) is 11.0 Å². The molecular weight excluding hydrogens is 406 g/mol. The van der Waals surface area contributed by atoms with E-state index in [1.807, 2.05) is 4.68 Å². The zero-order chi connectivity index (χ0) is 22.5. The fourth-order valence-corrected chi connectivity index (χ4v) is 4.10. The van der Waals surface area contributed by atoms with Gasteiger partial charge in [-0.3, -0.25) is 9.58 Å². The maximum Gasteiger partial charge on any atom is 0.222 e. The molecule has 0 saturated carbocycles. The molecule has 32 heavy (non-hydrogen) atoms. The maximum atomic E-state index is 6.20. The van der Waals surface area contributed by atoms with Gasteiger partial charge >= 0.3 is 0 Å². The topological polar surface area (TPSA) is 132 Å². The van der Waals surface area contributed by atoms with Gasteiger partial charge in [0.25, 0.3) is 0 Å². The molecule has 1 unspecified atom stereocenters. The van der Waals surface area contributed by atoms with Crippen LogP contribution in [0.15, 0.2) is 24.4 Å². The van der Waals surface area contributed by atoms with Gasteiger partial charge in [-0.2, -0.15) is 10.1 Å². The Hall–Kier alpha value is -2.95. The summed E-state index contributed by atoms with van der Waals surface area (Å²) in [6, 6.07) is 6.39. The van der Waals surface area contributed by atoms with E-state index in [-0.39, 0.29) is 12.1 Å². The summed E-state index contributed by atoms with van der Waals surface area (Å²) in [5, 5.41) is 11.2. The summed E-state index contributed by atoms with van der Waals surface area (Å²) >= 11 is 0. The maximum absolute atomic E-state index is 6.20. The van der Waals surface area contributed by atoms with Crippen molar-refractivity contribution < 1.29 is 4.74 Å². The predicted octanol–water partition coefficient (Wildman–Crippen LogP) is 1.37. The fourth-order valence-electron chi connectivity index (χ4n) is 4.10. The molecule has 172 valence electrons. The molecule has 1 atom stereocenters. The summed E-state index contributed by atoms with van der Waals surface area (Å²) in [4.78, 5) is 11.2. The number of piperazine rings is 1. The molecule has 1 aliphatic rings. The standard InChI is InChI=1S/C22H33N9O/c1-3-4-19(23)28-21-20-17(27-22(24)29-21)12-26-31(20)14-16-6-5-15(11-18(16)32-2)13-30-9-7-25-8-10-30/h5-6,11-12,19,25H,3-4,7-10,13-14,23H2,1-2H3,(H3,24,27,28,29). The molecule has 1 fully saturated rings. The number of ether oxygens (including phenoxy) is 1. The van der Waals surface area contributed by atoms with Crippen molar-refractivity contribution in [1.82, 2.24) is 30.0 Å². The van der Waals surface area contributed by atoms with Crippen LogP contribution >= 0.6 is 0 Å². The minimum Gasteiger partial charge on any atom is -0.496 e. The van der Waals surface area contributed by atoms with Gasteiger partial charge in [0.15, 0.2) is 5.82 Å². The second kappa shape index (κ2) is 10.1. The van der Waals surface area contributed by atoms with Crippen LogP contribution in [0.5, 0.6) is 5.75 Å². The van der Waals surface area contributed by atoms with Crippen molar-refractivity contribution in [1.29, 1.82) is 0 Å². The molecule has 10 nitrogen and oxygen atoms in total. The van der Waals surface area contributed by atoms with Gasteiger partial charge in [-0.15, -0.1) is 0 Å². The molecule has 10 heteroatoms. The number of benzene rings is 1. The summed E-state index contributed by atoms with van der Waals surface area (Å²) in [5.74, 6) is 1.63. The number of hydrogen-bond donors (Lipinski definition) is 4. The van der Waals surface area contributed by atoms with E-state index in [0.29, 0.717) is 17.9 Å². The quantitative estimate of drug-likeness (QED) is 0.365. The molecule has 1 aliphatic heterocycles. The third-order valence-corrected chi connectivity index (χ3v) is 5.71. The molecule has 1 aromatic carbocycles. The molecular formula is C22H33N9O. The smallest absolute Gasteiger partial charge is 0.222 e. The highest BCUT2D eigenvalue weighted by atomic mass is 16.5. The lowest BCUT2D eigenvalue weighted by molar-refractivity contribution is 0.233. The van der Waals surface area contributed by atoms with E-state index in [1.165, 1.54) is 5.56 Å². The molecule has 3 heterocycles. The van der Waals surface area contributed by atoms with Gasteiger partial charge in [0.2, 0.25) is 5.95 Å². The number of nitrogens with zero attached hydrogens (tertiary/aromatic N) is 5. The SMILES string of the molecule is CCCC(N)Nc1nc(N)nc2cnn(Cc3ccc(CN4CCNCC4)cc3OC)c12. The van der Waals surface area contributed by atoms with Crippen LogP contribution in [0, 0.1) is 0 Å². The minimum atomic E-state index is -0.223. The van der Waals surface area contributed by atoms with E-state index in [0.717, 1.165) is 62.4 Å². The molecule has 0 amide bonds. The third-order valence-electron chi connectivity index (χ3n) is 5.71. The fraction of sp³-hybridized carbons (Fsp3) is 0.500. The van der Waals surface area contributed by atoms with Crippen molar-refractivity contribution in [2.24, 2.45) is 5.73 Å². The first-order valence-corrected chi connectivity index (χ1v) is 11.2. The second-order valence-electron chi connectivity index (χ2n) is 8.18. The highest BCUT2D eigenvalue weighted by molar-refractivity contribution is 5.86. The lowest BCUT2D eigenvalue weighted by Crippen LogP contribution is -2.42. The Bertz CT molecular complexity index is 1050. The summed E-state index contributed by atoms with van der Waals surface area (Å²) in [5.41, 5.74) is 15.8. The normalized spacial score (nSPS) is 15.7. The summed E-state index contributed by atoms with van der Waals surface area (Å²) in [6.07, 6.45) is 3.27. The molecule has 1 saturated heterocycles. The van der Waals surface area contributed by atoms with Crippen molar-refractivity contribution in [3.05, 3.63) is 35.5 Å². The van der Waals surface area contributed by atoms with E-state index in [9.17, 15) is 0 Å². The van der Waals surface area contributed by atoms with Gasteiger partial charge in [0, 0.05) is 38.3 Å². The Morgan fingerprint density at radius 1 is 1.22 bits per heavy atom. The first kappa shape index (κ1) is 22.3. The predicted molar refractivity (Wildman–Crippen MR) is 126 cm³/mol. The highest BCUT2D eigenvalue weighted by Crippen LogP contribution is 2.26. The number of aromatic nitrogens is 4. The molecule has 4 rings (SSSR count). The monoisotopic (exact) mass is 439 g/mol. The number of hydrogen-bond acceptors (Lipinski definition) is 9. The first-order chi connectivity index (χ1) is 15.6. The molecule has 0 bridgehead atoms. The van der Waals surface area contributed by atoms with Crippen molar-refractivity contribution >= 4 is 22.8 Å². The summed E-state index contributed by atoms with van der Waals surface area (Å²) < 4.78 is 7.59. The molecule has 0 aliphatic carbocycles. The van der Waals surface area contributed by atoms with Gasteiger partial charge in [-0.05, 0) is 18.1 Å². The van der Waals surface area contributed by atoms with Crippen molar-refractivity contribution in [3.8, 4) is 5.75 Å². The van der Waals surface area contributed by atoms with E-state index >= 15 is 0 Å². The minimum absolute atomic E-state index is 0.193. The van der Waals surface area contributed by atoms with Crippen LogP contribution in [0.2, 0.25) is 0 Å². The third kappa shape index (κ3) is 5.09. The number of rotatable bonds is 9. The lowest BCUT2D eigenvalue weighted by atomic mass is 10.1. The molecule has 0 spiro atoms. The molecule has 2 aromatic heterocycles. The second-order valence-corrected chi connectivity index (χ2v) is 8.18. The number of methoxy groups -OCH3 is 1. The highest BCUT2D eigenvalue weighted by Gasteiger charge is 2.17. The van der Waals surface area contributed by atoms with Gasteiger partial charge in [0.1, 0.15) is 16.8 Å². The molecule has 6 N–H and O–H groups in total. The van der Waals surface area contributed by atoms with Crippen LogP contribution in [0.4, 0.5) is 11.8 Å². The number of nitrogens with one attached hydrogen (secondary N) is 2. The van der Waals surface area contributed by atoms with Gasteiger partial charge in [-0.25, -0.2) is 4.98 Å². The van der Waals surface area contributed by atoms with E-state index in [1.54, 1.807) is 13.3 Å². The van der Waals surface area contributed by atoms with E-state index < -0.39 is 0 Å². The number of nitrogen functional groups attached to an aromatic ring is 1. The van der Waals surface area contributed by atoms with Crippen LogP contribution in [-0.2, 0) is 13.1 Å². The zero-order valence-electron chi connectivity index (χ0n) is 18.8. The Morgan fingerprint density at radius 2 is 2.03 bits per heavy atom. The van der Waals surface area contributed by atoms with Gasteiger partial charge in [-0.1, -0.05) is 25.5 Å². The van der Waals surface area contributed by atoms with Gasteiger partial charge in [0.05, 0.1) is 26.0 Å². The van der Waals surface area contributed by atoms with E-state index in [2.05, 4.69) is 55.7 Å². The van der Waals surface area contributed by atoms with E-state index in [4.69, 9.17) is 16.2 Å². The average molecular weight is 440 g/mol. The van der Waals surface area contributed by atoms with Gasteiger partial charge < -0.3 is 26.8 Å². The van der Waals surface area contributed by atoms with Crippen LogP contribution in [0.3, 0.4) is 0 Å². The van der Waals surface area contributed by atoms with Crippen LogP contribution in [-0.4, -0.2) is 64.1 Å². The summed E-state index contributed by atoms with van der Waals surface area (Å²) in [6.45, 7) is 7.71. The van der Waals surface area contributed by atoms with Crippen molar-refractivity contribution in [3.63, 3.8) is 0 Å². The largest absolute Gasteiger partial charge is 0.496 e. The lowest BCUT2D eigenvalue weighted by Gasteiger charge is -2.27. The first-order valence-electron chi connectivity index (χ1n) is 11.2.